The van der Waals surface area contributed by atoms with Crippen molar-refractivity contribution in [2.24, 2.45) is 0 Å². The molecule has 1 amide bonds. The number of amides is 1. The van der Waals surface area contributed by atoms with Gasteiger partial charge in [0.2, 0.25) is 5.88 Å². The summed E-state index contributed by atoms with van der Waals surface area (Å²) >= 11 is 0. The van der Waals surface area contributed by atoms with Crippen LogP contribution in [-0.4, -0.2) is 21.0 Å². The van der Waals surface area contributed by atoms with Gasteiger partial charge in [-0.1, -0.05) is 18.2 Å². The highest BCUT2D eigenvalue weighted by Gasteiger charge is 2.30. The van der Waals surface area contributed by atoms with Crippen molar-refractivity contribution in [2.75, 3.05) is 5.32 Å². The number of nitrogens with zero attached hydrogens (tertiary/aromatic N) is 2. The molecule has 164 valence electrons. The fraction of sp³-hybridized carbons (Fsp3) is 0.174. The topological polar surface area (TPSA) is 84.3 Å². The molecule has 0 fully saturated rings. The van der Waals surface area contributed by atoms with Crippen molar-refractivity contribution >= 4 is 17.2 Å². The molecule has 0 saturated carbocycles. The van der Waals surface area contributed by atoms with E-state index in [2.05, 4.69) is 15.3 Å². The standard InChI is InChI=1S/C23H18F3N3O3/c24-23(25,26)15-4-2-5-16(10-15)29-22(31)20-6-1-3-14-9-18(7-8-19(14)20)32-21-11-17(12-30)27-13-28-21/h2,4-11,13,30H,1,3,12H2,(H,29,31). The molecule has 1 aliphatic carbocycles. The second kappa shape index (κ2) is 8.80. The number of alkyl halides is 3. The summed E-state index contributed by atoms with van der Waals surface area (Å²) in [7, 11) is 0. The van der Waals surface area contributed by atoms with E-state index >= 15 is 0 Å². The summed E-state index contributed by atoms with van der Waals surface area (Å²) in [5.41, 5.74) is 1.61. The fourth-order valence-electron chi connectivity index (χ4n) is 3.41. The van der Waals surface area contributed by atoms with Crippen LogP contribution in [0.25, 0.3) is 5.57 Å². The van der Waals surface area contributed by atoms with Gasteiger partial charge in [0, 0.05) is 17.3 Å². The quantitative estimate of drug-likeness (QED) is 0.597. The Labute approximate surface area is 181 Å². The maximum Gasteiger partial charge on any atom is 0.416 e. The first-order valence-electron chi connectivity index (χ1n) is 9.75. The number of nitrogens with one attached hydrogen (secondary N) is 1. The molecular formula is C23H18F3N3O3. The first-order chi connectivity index (χ1) is 15.3. The summed E-state index contributed by atoms with van der Waals surface area (Å²) in [5, 5.41) is 11.7. The van der Waals surface area contributed by atoms with Crippen LogP contribution in [0.4, 0.5) is 18.9 Å². The van der Waals surface area contributed by atoms with E-state index in [1.54, 1.807) is 24.3 Å². The molecule has 0 spiro atoms. The third kappa shape index (κ3) is 4.78. The summed E-state index contributed by atoms with van der Waals surface area (Å²) < 4.78 is 44.5. The normalized spacial score (nSPS) is 13.2. The van der Waals surface area contributed by atoms with Crippen LogP contribution in [0.5, 0.6) is 11.6 Å². The summed E-state index contributed by atoms with van der Waals surface area (Å²) in [5.74, 6) is 0.297. The van der Waals surface area contributed by atoms with Crippen LogP contribution in [0.2, 0.25) is 0 Å². The lowest BCUT2D eigenvalue weighted by atomic mass is 9.90. The number of carbonyl (C=O) groups excluding carboxylic acids is 1. The van der Waals surface area contributed by atoms with Gasteiger partial charge >= 0.3 is 6.18 Å². The van der Waals surface area contributed by atoms with Gasteiger partial charge in [0.25, 0.3) is 5.91 Å². The second-order valence-corrected chi connectivity index (χ2v) is 7.12. The zero-order chi connectivity index (χ0) is 22.7. The van der Waals surface area contributed by atoms with Gasteiger partial charge in [-0.3, -0.25) is 4.79 Å². The number of fused-ring (bicyclic) bond motifs is 1. The Kier molecular flexibility index (Phi) is 5.91. The van der Waals surface area contributed by atoms with E-state index in [4.69, 9.17) is 4.74 Å². The van der Waals surface area contributed by atoms with Gasteiger partial charge in [-0.05, 0) is 54.3 Å². The molecule has 0 bridgehead atoms. The maximum atomic E-state index is 12.9. The molecule has 0 saturated heterocycles. The van der Waals surface area contributed by atoms with Gasteiger partial charge in [0.1, 0.15) is 12.1 Å². The molecule has 9 heteroatoms. The monoisotopic (exact) mass is 441 g/mol. The molecule has 6 nitrogen and oxygen atoms in total. The second-order valence-electron chi connectivity index (χ2n) is 7.12. The molecule has 0 unspecified atom stereocenters. The fourth-order valence-corrected chi connectivity index (χ4v) is 3.41. The van der Waals surface area contributed by atoms with Crippen LogP contribution in [-0.2, 0) is 24.0 Å². The summed E-state index contributed by atoms with van der Waals surface area (Å²) in [4.78, 5) is 20.7. The van der Waals surface area contributed by atoms with Crippen molar-refractivity contribution in [3.05, 3.63) is 83.3 Å². The lowest BCUT2D eigenvalue weighted by Gasteiger charge is -2.19. The molecule has 2 N–H and O–H groups in total. The van der Waals surface area contributed by atoms with Gasteiger partial charge in [0.05, 0.1) is 17.9 Å². The SMILES string of the molecule is O=C(Nc1cccc(C(F)(F)F)c1)C1=CCCc2cc(Oc3cc(CO)ncn3)ccc21. The third-order valence-corrected chi connectivity index (χ3v) is 4.90. The number of allylic oxidation sites excluding steroid dienone is 1. The largest absolute Gasteiger partial charge is 0.439 e. The van der Waals surface area contributed by atoms with Crippen LogP contribution >= 0.6 is 0 Å². The number of hydrogen-bond acceptors (Lipinski definition) is 5. The number of aromatic nitrogens is 2. The van der Waals surface area contributed by atoms with Crippen molar-refractivity contribution in [1.29, 1.82) is 0 Å². The molecule has 3 aromatic rings. The van der Waals surface area contributed by atoms with Gasteiger partial charge in [-0.2, -0.15) is 13.2 Å². The number of ether oxygens (including phenoxy) is 1. The average Bonchev–Trinajstić information content (AvgIpc) is 2.78. The first-order valence-corrected chi connectivity index (χ1v) is 9.75. The smallest absolute Gasteiger partial charge is 0.416 e. The number of carbonyl (C=O) groups is 1. The van der Waals surface area contributed by atoms with E-state index in [0.717, 1.165) is 17.7 Å². The van der Waals surface area contributed by atoms with E-state index in [0.29, 0.717) is 35.4 Å². The predicted octanol–water partition coefficient (Wildman–Crippen LogP) is 4.75. The van der Waals surface area contributed by atoms with Crippen molar-refractivity contribution in [3.63, 3.8) is 0 Å². The highest BCUT2D eigenvalue weighted by molar-refractivity contribution is 6.25. The number of hydrogen-bond donors (Lipinski definition) is 2. The Morgan fingerprint density at radius 1 is 1.12 bits per heavy atom. The van der Waals surface area contributed by atoms with E-state index in [1.807, 2.05) is 0 Å². The zero-order valence-corrected chi connectivity index (χ0v) is 16.7. The number of aliphatic hydroxyl groups excluding tert-OH is 1. The number of rotatable bonds is 5. The van der Waals surface area contributed by atoms with Crippen molar-refractivity contribution in [3.8, 4) is 11.6 Å². The Bertz CT molecular complexity index is 1190. The van der Waals surface area contributed by atoms with Crippen LogP contribution in [0.15, 0.2) is 60.9 Å². The Morgan fingerprint density at radius 3 is 2.75 bits per heavy atom. The van der Waals surface area contributed by atoms with E-state index < -0.39 is 17.6 Å². The summed E-state index contributed by atoms with van der Waals surface area (Å²) in [6.07, 6.45) is -0.153. The lowest BCUT2D eigenvalue weighted by Crippen LogP contribution is -2.17. The molecule has 1 aliphatic rings. The molecule has 0 atom stereocenters. The Balaban J connectivity index is 1.53. The molecule has 2 aromatic carbocycles. The third-order valence-electron chi connectivity index (χ3n) is 4.90. The molecule has 4 rings (SSSR count). The van der Waals surface area contributed by atoms with E-state index in [1.165, 1.54) is 24.5 Å². The van der Waals surface area contributed by atoms with Gasteiger partial charge < -0.3 is 15.2 Å². The number of anilines is 1. The molecular weight excluding hydrogens is 423 g/mol. The Morgan fingerprint density at radius 2 is 1.97 bits per heavy atom. The molecule has 1 heterocycles. The molecule has 0 aliphatic heterocycles. The molecule has 32 heavy (non-hydrogen) atoms. The Hall–Kier alpha value is -3.72. The van der Waals surface area contributed by atoms with Gasteiger partial charge in [-0.15, -0.1) is 0 Å². The number of benzene rings is 2. The zero-order valence-electron chi connectivity index (χ0n) is 16.7. The minimum atomic E-state index is -4.49. The van der Waals surface area contributed by atoms with Crippen LogP contribution in [0, 0.1) is 0 Å². The van der Waals surface area contributed by atoms with Crippen molar-refractivity contribution in [2.45, 2.75) is 25.6 Å². The number of halogens is 3. The van der Waals surface area contributed by atoms with Crippen molar-refractivity contribution < 1.29 is 27.8 Å². The predicted molar refractivity (Wildman–Crippen MR) is 111 cm³/mol. The summed E-state index contributed by atoms with van der Waals surface area (Å²) in [6, 6.07) is 11.2. The van der Waals surface area contributed by atoms with E-state index in [9.17, 15) is 23.1 Å². The highest BCUT2D eigenvalue weighted by Crippen LogP contribution is 2.33. The minimum absolute atomic E-state index is 0.0706. The minimum Gasteiger partial charge on any atom is -0.439 e. The number of aryl methyl sites for hydroxylation is 1. The molecule has 0 radical (unpaired) electrons. The summed E-state index contributed by atoms with van der Waals surface area (Å²) in [6.45, 7) is -0.238. The number of aliphatic hydroxyl groups is 1. The van der Waals surface area contributed by atoms with Gasteiger partial charge in [0.15, 0.2) is 0 Å². The van der Waals surface area contributed by atoms with Crippen LogP contribution < -0.4 is 10.1 Å². The molecule has 1 aromatic heterocycles. The van der Waals surface area contributed by atoms with E-state index in [-0.39, 0.29) is 18.2 Å². The van der Waals surface area contributed by atoms with Gasteiger partial charge in [-0.25, -0.2) is 9.97 Å². The average molecular weight is 441 g/mol. The first kappa shape index (κ1) is 21.5. The maximum absolute atomic E-state index is 12.9. The lowest BCUT2D eigenvalue weighted by molar-refractivity contribution is -0.137. The highest BCUT2D eigenvalue weighted by atomic mass is 19.4. The van der Waals surface area contributed by atoms with Crippen LogP contribution in [0.1, 0.15) is 28.8 Å². The van der Waals surface area contributed by atoms with Crippen molar-refractivity contribution in [1.82, 2.24) is 9.97 Å². The van der Waals surface area contributed by atoms with Crippen LogP contribution in [0.3, 0.4) is 0 Å².